The average Bonchev–Trinajstić information content (AvgIpc) is 2.98. The summed E-state index contributed by atoms with van der Waals surface area (Å²) in [5, 5.41) is 2.30. The van der Waals surface area contributed by atoms with E-state index in [-0.39, 0.29) is 38.5 Å². The molecular formula is C32H33F5N4O6. The Morgan fingerprint density at radius 2 is 1.64 bits per heavy atom. The van der Waals surface area contributed by atoms with Gasteiger partial charge in [0.1, 0.15) is 12.2 Å². The third kappa shape index (κ3) is 9.85. The summed E-state index contributed by atoms with van der Waals surface area (Å²) in [6, 6.07) is 8.07. The first-order valence-corrected chi connectivity index (χ1v) is 14.5. The standard InChI is InChI=1S/C32H33F5N4O6/c1-31(2,3)47-30(43)41(18-19-14-24(33)27(25(34)15-19)46-32(35,36)37)10-4-5-11-44-12-13-45-29-22-8-9-39-17-23(22)21-7-6-20(28(38)42)16-26(21)40-29/h6-9,14-17H,4-5,10-13,18H2,1-3H3,(H2,38,42). The predicted octanol–water partition coefficient (Wildman–Crippen LogP) is 6.67. The van der Waals surface area contributed by atoms with Gasteiger partial charge in [-0.1, -0.05) is 6.07 Å². The highest BCUT2D eigenvalue weighted by molar-refractivity contribution is 6.09. The second-order valence-corrected chi connectivity index (χ2v) is 11.4. The Labute approximate surface area is 266 Å². The molecule has 4 aromatic rings. The summed E-state index contributed by atoms with van der Waals surface area (Å²) >= 11 is 0. The van der Waals surface area contributed by atoms with E-state index in [1.54, 1.807) is 57.4 Å². The van der Waals surface area contributed by atoms with Crippen LogP contribution in [0.1, 0.15) is 49.5 Å². The zero-order chi connectivity index (χ0) is 34.4. The number of primary amides is 1. The molecule has 0 bridgehead atoms. The normalized spacial score (nSPS) is 11.9. The number of hydrogen-bond donors (Lipinski definition) is 1. The van der Waals surface area contributed by atoms with Gasteiger partial charge in [0.2, 0.25) is 17.5 Å². The number of carbonyl (C=O) groups is 2. The van der Waals surface area contributed by atoms with Gasteiger partial charge >= 0.3 is 12.5 Å². The van der Waals surface area contributed by atoms with Crippen molar-refractivity contribution < 1.29 is 50.5 Å². The van der Waals surface area contributed by atoms with Crippen LogP contribution in [0.4, 0.5) is 26.7 Å². The van der Waals surface area contributed by atoms with E-state index in [4.69, 9.17) is 19.9 Å². The van der Waals surface area contributed by atoms with Crippen LogP contribution in [0.25, 0.3) is 21.7 Å². The first-order valence-electron chi connectivity index (χ1n) is 14.5. The Balaban J connectivity index is 1.31. The molecule has 0 saturated carbocycles. The van der Waals surface area contributed by atoms with Crippen LogP contribution in [0.15, 0.2) is 48.8 Å². The van der Waals surface area contributed by atoms with Gasteiger partial charge in [-0.2, -0.15) is 0 Å². The number of fused-ring (bicyclic) bond motifs is 3. The van der Waals surface area contributed by atoms with E-state index in [1.165, 1.54) is 4.90 Å². The summed E-state index contributed by atoms with van der Waals surface area (Å²) in [4.78, 5) is 34.4. The molecule has 0 aliphatic carbocycles. The largest absolute Gasteiger partial charge is 0.573 e. The molecule has 2 aromatic heterocycles. The van der Waals surface area contributed by atoms with E-state index < -0.39 is 41.3 Å². The topological polar surface area (TPSA) is 126 Å². The Morgan fingerprint density at radius 3 is 2.30 bits per heavy atom. The maximum atomic E-state index is 14.3. The van der Waals surface area contributed by atoms with Crippen molar-refractivity contribution in [2.75, 3.05) is 26.4 Å². The molecular weight excluding hydrogens is 631 g/mol. The summed E-state index contributed by atoms with van der Waals surface area (Å²) in [5.74, 6) is -4.95. The predicted molar refractivity (Wildman–Crippen MR) is 161 cm³/mol. The van der Waals surface area contributed by atoms with Crippen LogP contribution in [0, 0.1) is 11.6 Å². The highest BCUT2D eigenvalue weighted by atomic mass is 19.4. The number of aromatic nitrogens is 2. The lowest BCUT2D eigenvalue weighted by Gasteiger charge is -2.27. The van der Waals surface area contributed by atoms with Gasteiger partial charge in [-0.05, 0) is 69.5 Å². The molecule has 15 heteroatoms. The molecule has 2 heterocycles. The van der Waals surface area contributed by atoms with Crippen molar-refractivity contribution >= 4 is 33.7 Å². The van der Waals surface area contributed by atoms with Crippen molar-refractivity contribution in [3.05, 3.63) is 71.6 Å². The van der Waals surface area contributed by atoms with Gasteiger partial charge in [-0.15, -0.1) is 13.2 Å². The van der Waals surface area contributed by atoms with Crippen LogP contribution < -0.4 is 15.2 Å². The number of benzene rings is 2. The Hall–Kier alpha value is -4.79. The van der Waals surface area contributed by atoms with Crippen LogP contribution in [-0.2, 0) is 16.0 Å². The number of nitrogens with two attached hydrogens (primary N) is 1. The third-order valence-corrected chi connectivity index (χ3v) is 6.58. The Bertz CT molecular complexity index is 1720. The van der Waals surface area contributed by atoms with Crippen molar-refractivity contribution in [2.45, 2.75) is 52.1 Å². The monoisotopic (exact) mass is 664 g/mol. The molecule has 0 atom stereocenters. The van der Waals surface area contributed by atoms with Crippen molar-refractivity contribution in [1.29, 1.82) is 0 Å². The van der Waals surface area contributed by atoms with Crippen LogP contribution in [0.5, 0.6) is 11.6 Å². The summed E-state index contributed by atoms with van der Waals surface area (Å²) < 4.78 is 86.4. The van der Waals surface area contributed by atoms with Crippen molar-refractivity contribution in [3.63, 3.8) is 0 Å². The molecule has 2 amide bonds. The first kappa shape index (κ1) is 35.1. The van der Waals surface area contributed by atoms with E-state index >= 15 is 0 Å². The molecule has 4 rings (SSSR count). The van der Waals surface area contributed by atoms with Crippen molar-refractivity contribution in [1.82, 2.24) is 14.9 Å². The van der Waals surface area contributed by atoms with Gasteiger partial charge in [0.25, 0.3) is 0 Å². The number of carbonyl (C=O) groups excluding carboxylic acids is 2. The second-order valence-electron chi connectivity index (χ2n) is 11.4. The quantitative estimate of drug-likeness (QED) is 0.0955. The summed E-state index contributed by atoms with van der Waals surface area (Å²) in [7, 11) is 0. The van der Waals surface area contributed by atoms with Crippen LogP contribution in [0.3, 0.4) is 0 Å². The fraction of sp³-hybridized carbons (Fsp3) is 0.375. The van der Waals surface area contributed by atoms with E-state index in [2.05, 4.69) is 14.7 Å². The van der Waals surface area contributed by atoms with Gasteiger partial charge in [0.05, 0.1) is 12.1 Å². The molecule has 0 spiro atoms. The lowest BCUT2D eigenvalue weighted by atomic mass is 10.1. The van der Waals surface area contributed by atoms with Crippen molar-refractivity contribution in [2.24, 2.45) is 5.73 Å². The van der Waals surface area contributed by atoms with Crippen LogP contribution in [-0.4, -0.2) is 65.2 Å². The third-order valence-electron chi connectivity index (χ3n) is 6.58. The fourth-order valence-electron chi connectivity index (χ4n) is 4.59. The minimum absolute atomic E-state index is 0.0924. The number of rotatable bonds is 13. The second kappa shape index (κ2) is 14.8. The average molecular weight is 665 g/mol. The minimum Gasteiger partial charge on any atom is -0.475 e. The lowest BCUT2D eigenvalue weighted by molar-refractivity contribution is -0.276. The minimum atomic E-state index is -5.28. The maximum Gasteiger partial charge on any atom is 0.573 e. The lowest BCUT2D eigenvalue weighted by Crippen LogP contribution is -2.37. The van der Waals surface area contributed by atoms with Crippen LogP contribution >= 0.6 is 0 Å². The highest BCUT2D eigenvalue weighted by Gasteiger charge is 2.34. The number of nitrogens with zero attached hydrogens (tertiary/aromatic N) is 3. The number of ether oxygens (including phenoxy) is 4. The van der Waals surface area contributed by atoms with Gasteiger partial charge in [0, 0.05) is 53.8 Å². The molecule has 2 N–H and O–H groups in total. The Morgan fingerprint density at radius 1 is 0.915 bits per heavy atom. The maximum absolute atomic E-state index is 14.3. The molecule has 252 valence electrons. The van der Waals surface area contributed by atoms with E-state index in [1.807, 2.05) is 0 Å². The molecule has 10 nitrogen and oxygen atoms in total. The fourth-order valence-corrected chi connectivity index (χ4v) is 4.59. The highest BCUT2D eigenvalue weighted by Crippen LogP contribution is 2.31. The number of pyridine rings is 2. The molecule has 0 radical (unpaired) electrons. The molecule has 0 fully saturated rings. The molecule has 0 unspecified atom stereocenters. The summed E-state index contributed by atoms with van der Waals surface area (Å²) in [5.41, 5.74) is 5.27. The number of alkyl halides is 3. The molecule has 47 heavy (non-hydrogen) atoms. The zero-order valence-corrected chi connectivity index (χ0v) is 25.8. The Kier molecular flexibility index (Phi) is 11.0. The number of amides is 2. The molecule has 0 saturated heterocycles. The number of hydrogen-bond acceptors (Lipinski definition) is 8. The SMILES string of the molecule is CC(C)(C)OC(=O)N(CCCCOCCOc1nc2cc(C(N)=O)ccc2c2cnccc12)Cc1cc(F)c(OC(F)(F)F)c(F)c1. The van der Waals surface area contributed by atoms with E-state index in [0.29, 0.717) is 41.9 Å². The van der Waals surface area contributed by atoms with E-state index in [9.17, 15) is 31.5 Å². The molecule has 0 aliphatic rings. The van der Waals surface area contributed by atoms with Crippen molar-refractivity contribution in [3.8, 4) is 11.6 Å². The molecule has 0 aliphatic heterocycles. The van der Waals surface area contributed by atoms with Gasteiger partial charge in [0.15, 0.2) is 11.6 Å². The summed E-state index contributed by atoms with van der Waals surface area (Å²) in [6.45, 7) is 5.36. The van der Waals surface area contributed by atoms with Gasteiger partial charge < -0.3 is 29.6 Å². The van der Waals surface area contributed by atoms with Gasteiger partial charge in [-0.25, -0.2) is 18.6 Å². The van der Waals surface area contributed by atoms with Gasteiger partial charge in [-0.3, -0.25) is 9.78 Å². The van der Waals surface area contributed by atoms with Crippen LogP contribution in [0.2, 0.25) is 0 Å². The van der Waals surface area contributed by atoms with E-state index in [0.717, 1.165) is 16.2 Å². The smallest absolute Gasteiger partial charge is 0.475 e. The number of unbranched alkanes of at least 4 members (excludes halogenated alkanes) is 1. The molecule has 2 aromatic carbocycles. The number of halogens is 5. The first-order chi connectivity index (χ1) is 22.1. The zero-order valence-electron chi connectivity index (χ0n) is 25.8. The summed E-state index contributed by atoms with van der Waals surface area (Å²) in [6.07, 6.45) is -1.86.